The van der Waals surface area contributed by atoms with Crippen LogP contribution in [0.25, 0.3) is 10.6 Å². The maximum atomic E-state index is 12.3. The molecule has 3 aromatic rings. The highest BCUT2D eigenvalue weighted by Gasteiger charge is 2.17. The second kappa shape index (κ2) is 6.15. The lowest BCUT2D eigenvalue weighted by atomic mass is 10.2. The molecular weight excluding hydrogens is 386 g/mol. The van der Waals surface area contributed by atoms with Crippen molar-refractivity contribution in [3.05, 3.63) is 59.1 Å². The van der Waals surface area contributed by atoms with Gasteiger partial charge >= 0.3 is 0 Å². The van der Waals surface area contributed by atoms with Gasteiger partial charge in [-0.3, -0.25) is 4.72 Å². The smallest absolute Gasteiger partial charge is 0.253 e. The van der Waals surface area contributed by atoms with Crippen molar-refractivity contribution in [3.63, 3.8) is 0 Å². The molecule has 112 valence electrons. The molecule has 0 saturated heterocycles. The van der Waals surface area contributed by atoms with E-state index in [0.717, 1.165) is 10.0 Å². The largest absolute Gasteiger partial charge is 0.263 e. The first-order chi connectivity index (χ1) is 10.5. The fraction of sp³-hybridized carbons (Fsp3) is 0. The van der Waals surface area contributed by atoms with Gasteiger partial charge in [0, 0.05) is 10.0 Å². The summed E-state index contributed by atoms with van der Waals surface area (Å²) in [5, 5.41) is 8.80. The van der Waals surface area contributed by atoms with Gasteiger partial charge in [0.25, 0.3) is 10.0 Å². The van der Waals surface area contributed by atoms with E-state index in [1.54, 1.807) is 12.1 Å². The first-order valence-corrected chi connectivity index (χ1v) is 9.31. The molecule has 2 aromatic carbocycles. The highest BCUT2D eigenvalue weighted by atomic mass is 79.9. The minimum absolute atomic E-state index is 0.173. The molecule has 22 heavy (non-hydrogen) atoms. The normalized spacial score (nSPS) is 11.3. The molecule has 0 fully saturated rings. The number of hydrogen-bond acceptors (Lipinski definition) is 5. The summed E-state index contributed by atoms with van der Waals surface area (Å²) in [4.78, 5) is 0.173. The van der Waals surface area contributed by atoms with E-state index in [9.17, 15) is 8.42 Å². The Balaban J connectivity index is 1.84. The van der Waals surface area contributed by atoms with E-state index in [-0.39, 0.29) is 10.0 Å². The summed E-state index contributed by atoms with van der Waals surface area (Å²) in [5.41, 5.74) is 0.897. The second-order valence-corrected chi connectivity index (χ2v) is 7.91. The molecule has 0 saturated carbocycles. The number of nitrogens with one attached hydrogen (secondary N) is 1. The Bertz CT molecular complexity index is 878. The lowest BCUT2D eigenvalue weighted by Gasteiger charge is -2.04. The summed E-state index contributed by atoms with van der Waals surface area (Å²) in [6.45, 7) is 0. The van der Waals surface area contributed by atoms with Crippen LogP contribution in [0.4, 0.5) is 5.13 Å². The number of sulfonamides is 1. The second-order valence-electron chi connectivity index (χ2n) is 4.34. The number of aromatic nitrogens is 2. The quantitative estimate of drug-likeness (QED) is 0.729. The zero-order valence-corrected chi connectivity index (χ0v) is 14.3. The lowest BCUT2D eigenvalue weighted by Crippen LogP contribution is -2.12. The monoisotopic (exact) mass is 395 g/mol. The third-order valence-corrected chi connectivity index (χ3v) is 5.69. The van der Waals surface area contributed by atoms with Crippen LogP contribution in [0.5, 0.6) is 0 Å². The molecule has 0 amide bonds. The molecule has 0 spiro atoms. The molecule has 1 aromatic heterocycles. The van der Waals surface area contributed by atoms with Gasteiger partial charge in [-0.2, -0.15) is 0 Å². The van der Waals surface area contributed by atoms with Gasteiger partial charge in [-0.25, -0.2) is 8.42 Å². The zero-order valence-electron chi connectivity index (χ0n) is 11.1. The van der Waals surface area contributed by atoms with Crippen molar-refractivity contribution in [2.75, 3.05) is 4.72 Å². The van der Waals surface area contributed by atoms with E-state index >= 15 is 0 Å². The van der Waals surface area contributed by atoms with E-state index < -0.39 is 10.0 Å². The maximum absolute atomic E-state index is 12.3. The highest BCUT2D eigenvalue weighted by Crippen LogP contribution is 2.27. The van der Waals surface area contributed by atoms with Gasteiger partial charge in [-0.1, -0.05) is 57.6 Å². The molecule has 8 heteroatoms. The van der Waals surface area contributed by atoms with Crippen LogP contribution >= 0.6 is 27.3 Å². The minimum Gasteiger partial charge on any atom is -0.253 e. The molecule has 0 aliphatic carbocycles. The van der Waals surface area contributed by atoms with Crippen molar-refractivity contribution >= 4 is 42.4 Å². The van der Waals surface area contributed by atoms with Crippen molar-refractivity contribution in [1.82, 2.24) is 10.2 Å². The molecule has 1 heterocycles. The van der Waals surface area contributed by atoms with Crippen LogP contribution in [0.2, 0.25) is 0 Å². The predicted octanol–water partition coefficient (Wildman–Crippen LogP) is 3.77. The van der Waals surface area contributed by atoms with Crippen molar-refractivity contribution < 1.29 is 8.42 Å². The Kier molecular flexibility index (Phi) is 4.23. The van der Waals surface area contributed by atoms with Gasteiger partial charge in [0.2, 0.25) is 5.13 Å². The number of benzene rings is 2. The third kappa shape index (κ3) is 3.34. The summed E-state index contributed by atoms with van der Waals surface area (Å²) < 4.78 is 27.8. The van der Waals surface area contributed by atoms with E-state index in [1.807, 2.05) is 30.3 Å². The maximum Gasteiger partial charge on any atom is 0.263 e. The summed E-state index contributed by atoms with van der Waals surface area (Å²) in [7, 11) is -3.66. The van der Waals surface area contributed by atoms with Crippen LogP contribution in [0.3, 0.4) is 0 Å². The Labute approximate surface area is 140 Å². The van der Waals surface area contributed by atoms with Gasteiger partial charge in [0.05, 0.1) is 4.90 Å². The predicted molar refractivity (Wildman–Crippen MR) is 90.3 cm³/mol. The fourth-order valence-electron chi connectivity index (χ4n) is 1.75. The van der Waals surface area contributed by atoms with Crippen molar-refractivity contribution in [1.29, 1.82) is 0 Å². The Hall–Kier alpha value is -1.77. The standard InChI is InChI=1S/C14H10BrN3O2S2/c15-11-6-8-12(9-7-11)22(19,20)18-14-17-16-13(21-14)10-4-2-1-3-5-10/h1-9H,(H,17,18). The molecule has 3 rings (SSSR count). The van der Waals surface area contributed by atoms with Crippen LogP contribution in [0.1, 0.15) is 0 Å². The fourth-order valence-corrected chi connectivity index (χ4v) is 3.99. The minimum atomic E-state index is -3.66. The Morgan fingerprint density at radius 1 is 0.955 bits per heavy atom. The first kappa shape index (κ1) is 15.1. The summed E-state index contributed by atoms with van der Waals surface area (Å²) in [6.07, 6.45) is 0. The summed E-state index contributed by atoms with van der Waals surface area (Å²) >= 11 is 4.46. The SMILES string of the molecule is O=S(=O)(Nc1nnc(-c2ccccc2)s1)c1ccc(Br)cc1. The molecule has 0 aliphatic rings. The van der Waals surface area contributed by atoms with Gasteiger partial charge in [0.1, 0.15) is 5.01 Å². The molecule has 5 nitrogen and oxygen atoms in total. The highest BCUT2D eigenvalue weighted by molar-refractivity contribution is 9.10. The number of halogens is 1. The summed E-state index contributed by atoms with van der Waals surface area (Å²) in [6, 6.07) is 15.9. The topological polar surface area (TPSA) is 72.0 Å². The summed E-state index contributed by atoms with van der Waals surface area (Å²) in [5.74, 6) is 0. The van der Waals surface area contributed by atoms with E-state index in [0.29, 0.717) is 5.01 Å². The van der Waals surface area contributed by atoms with Crippen LogP contribution in [0, 0.1) is 0 Å². The van der Waals surface area contributed by atoms with Gasteiger partial charge in [0.15, 0.2) is 0 Å². The van der Waals surface area contributed by atoms with Crippen molar-refractivity contribution in [2.45, 2.75) is 4.90 Å². The van der Waals surface area contributed by atoms with Gasteiger partial charge in [-0.05, 0) is 24.3 Å². The van der Waals surface area contributed by atoms with Gasteiger partial charge < -0.3 is 0 Å². The average molecular weight is 396 g/mol. The number of rotatable bonds is 4. The van der Waals surface area contributed by atoms with E-state index in [1.165, 1.54) is 23.5 Å². The number of hydrogen-bond donors (Lipinski definition) is 1. The lowest BCUT2D eigenvalue weighted by molar-refractivity contribution is 0.601. The molecule has 0 bridgehead atoms. The molecule has 0 atom stereocenters. The third-order valence-electron chi connectivity index (χ3n) is 2.79. The van der Waals surface area contributed by atoms with Crippen LogP contribution in [0.15, 0.2) is 64.0 Å². The Morgan fingerprint density at radius 3 is 2.32 bits per heavy atom. The molecule has 0 aliphatic heterocycles. The molecule has 0 radical (unpaired) electrons. The van der Waals surface area contributed by atoms with E-state index in [2.05, 4.69) is 30.8 Å². The van der Waals surface area contributed by atoms with Crippen LogP contribution < -0.4 is 4.72 Å². The first-order valence-electron chi connectivity index (χ1n) is 6.22. The number of nitrogens with zero attached hydrogens (tertiary/aromatic N) is 2. The van der Waals surface area contributed by atoms with Crippen LogP contribution in [-0.2, 0) is 10.0 Å². The number of anilines is 1. The van der Waals surface area contributed by atoms with E-state index in [4.69, 9.17) is 0 Å². The van der Waals surface area contributed by atoms with Crippen LogP contribution in [-0.4, -0.2) is 18.6 Å². The Morgan fingerprint density at radius 2 is 1.64 bits per heavy atom. The van der Waals surface area contributed by atoms with Crippen molar-refractivity contribution in [2.24, 2.45) is 0 Å². The molecule has 1 N–H and O–H groups in total. The molecule has 0 unspecified atom stereocenters. The zero-order chi connectivity index (χ0) is 15.6. The van der Waals surface area contributed by atoms with Gasteiger partial charge in [-0.15, -0.1) is 10.2 Å². The molecular formula is C14H10BrN3O2S2. The average Bonchev–Trinajstić information content (AvgIpc) is 2.96. The van der Waals surface area contributed by atoms with Crippen molar-refractivity contribution in [3.8, 4) is 10.6 Å².